The van der Waals surface area contributed by atoms with E-state index in [1.807, 2.05) is 66.3 Å². The molecule has 1 N–H and O–H groups in total. The van der Waals surface area contributed by atoms with Crippen molar-refractivity contribution in [3.05, 3.63) is 101 Å². The zero-order valence-corrected chi connectivity index (χ0v) is 16.2. The number of halogens is 1. The van der Waals surface area contributed by atoms with E-state index in [0.717, 1.165) is 34.1 Å². The number of rotatable bonds is 6. The fraction of sp³-hybridized carbons (Fsp3) is 0.167. The summed E-state index contributed by atoms with van der Waals surface area (Å²) in [5.41, 5.74) is 4.49. The van der Waals surface area contributed by atoms with Crippen molar-refractivity contribution in [1.82, 2.24) is 14.9 Å². The third kappa shape index (κ3) is 4.35. The normalized spacial score (nSPS) is 11.0. The van der Waals surface area contributed by atoms with Crippen LogP contribution in [0.2, 0.25) is 0 Å². The van der Waals surface area contributed by atoms with Gasteiger partial charge in [0.1, 0.15) is 5.82 Å². The monoisotopic (exact) mass is 387 g/mol. The van der Waals surface area contributed by atoms with Crippen LogP contribution in [0.4, 0.5) is 4.39 Å². The van der Waals surface area contributed by atoms with Gasteiger partial charge in [-0.2, -0.15) is 0 Å². The molecule has 146 valence electrons. The molecular formula is C24H22FN3O. The lowest BCUT2D eigenvalue weighted by Crippen LogP contribution is -2.25. The Kier molecular flexibility index (Phi) is 5.38. The van der Waals surface area contributed by atoms with Crippen molar-refractivity contribution >= 4 is 16.8 Å². The van der Waals surface area contributed by atoms with Crippen LogP contribution >= 0.6 is 0 Å². The maximum absolute atomic E-state index is 13.5. The molecule has 0 atom stereocenters. The Hall–Kier alpha value is -3.47. The minimum Gasteiger partial charge on any atom is -0.352 e. The average Bonchev–Trinajstić information content (AvgIpc) is 3.08. The van der Waals surface area contributed by atoms with Gasteiger partial charge in [0.2, 0.25) is 0 Å². The topological polar surface area (TPSA) is 46.9 Å². The van der Waals surface area contributed by atoms with Gasteiger partial charge in [-0.15, -0.1) is 0 Å². The van der Waals surface area contributed by atoms with E-state index in [2.05, 4.69) is 10.3 Å². The molecule has 0 saturated heterocycles. The number of nitrogens with zero attached hydrogens (tertiary/aromatic N) is 2. The molecule has 29 heavy (non-hydrogen) atoms. The van der Waals surface area contributed by atoms with E-state index in [9.17, 15) is 9.18 Å². The van der Waals surface area contributed by atoms with Crippen LogP contribution in [0, 0.1) is 12.7 Å². The molecule has 2 aromatic heterocycles. The van der Waals surface area contributed by atoms with Crippen molar-refractivity contribution in [2.75, 3.05) is 6.54 Å². The lowest BCUT2D eigenvalue weighted by molar-refractivity contribution is 0.0955. The number of aromatic nitrogens is 2. The molecule has 0 unspecified atom stereocenters. The zero-order chi connectivity index (χ0) is 20.2. The minimum absolute atomic E-state index is 0.112. The van der Waals surface area contributed by atoms with Crippen molar-refractivity contribution in [1.29, 1.82) is 0 Å². The summed E-state index contributed by atoms with van der Waals surface area (Å²) in [7, 11) is 0. The predicted octanol–water partition coefficient (Wildman–Crippen LogP) is 4.50. The third-order valence-corrected chi connectivity index (χ3v) is 4.95. The zero-order valence-electron chi connectivity index (χ0n) is 16.2. The minimum atomic E-state index is -0.262. The smallest absolute Gasteiger partial charge is 0.253 e. The Labute approximate surface area is 169 Å². The van der Waals surface area contributed by atoms with E-state index in [-0.39, 0.29) is 11.7 Å². The standard InChI is InChI=1S/C24H22FN3O/c1-17-9-10-18(14-27-17)11-12-26-24(29)22-16-28(23-8-3-2-7-21(22)23)15-19-5-4-6-20(25)13-19/h2-10,13-14,16H,11-12,15H2,1H3,(H,26,29). The van der Waals surface area contributed by atoms with Gasteiger partial charge in [-0.3, -0.25) is 9.78 Å². The highest BCUT2D eigenvalue weighted by atomic mass is 19.1. The SMILES string of the molecule is Cc1ccc(CCNC(=O)c2cn(Cc3cccc(F)c3)c3ccccc23)cn1. The van der Waals surface area contributed by atoms with Crippen LogP contribution in [0.25, 0.3) is 10.9 Å². The van der Waals surface area contributed by atoms with Gasteiger partial charge >= 0.3 is 0 Å². The van der Waals surface area contributed by atoms with E-state index >= 15 is 0 Å². The maximum atomic E-state index is 13.5. The van der Waals surface area contributed by atoms with Gasteiger partial charge in [0.25, 0.3) is 5.91 Å². The fourth-order valence-electron chi connectivity index (χ4n) is 3.45. The number of fused-ring (bicyclic) bond motifs is 1. The van der Waals surface area contributed by atoms with Crippen LogP contribution in [0.1, 0.15) is 27.2 Å². The van der Waals surface area contributed by atoms with Crippen LogP contribution in [0.15, 0.2) is 73.1 Å². The average molecular weight is 387 g/mol. The largest absolute Gasteiger partial charge is 0.352 e. The van der Waals surface area contributed by atoms with Crippen molar-refractivity contribution in [2.24, 2.45) is 0 Å². The van der Waals surface area contributed by atoms with E-state index in [1.165, 1.54) is 12.1 Å². The highest BCUT2D eigenvalue weighted by Crippen LogP contribution is 2.22. The van der Waals surface area contributed by atoms with Gasteiger partial charge in [0.15, 0.2) is 0 Å². The van der Waals surface area contributed by atoms with E-state index in [4.69, 9.17) is 0 Å². The lowest BCUT2D eigenvalue weighted by Gasteiger charge is -2.05. The number of pyridine rings is 1. The molecule has 4 nitrogen and oxygen atoms in total. The van der Waals surface area contributed by atoms with Crippen molar-refractivity contribution in [3.8, 4) is 0 Å². The summed E-state index contributed by atoms with van der Waals surface area (Å²) < 4.78 is 15.5. The highest BCUT2D eigenvalue weighted by Gasteiger charge is 2.15. The summed E-state index contributed by atoms with van der Waals surface area (Å²) >= 11 is 0. The van der Waals surface area contributed by atoms with E-state index < -0.39 is 0 Å². The van der Waals surface area contributed by atoms with Crippen LogP contribution in [-0.2, 0) is 13.0 Å². The quantitative estimate of drug-likeness (QED) is 0.529. The number of para-hydroxylation sites is 1. The molecule has 0 aliphatic heterocycles. The molecule has 4 aromatic rings. The summed E-state index contributed by atoms with van der Waals surface area (Å²) in [6, 6.07) is 18.3. The Morgan fingerprint density at radius 3 is 2.72 bits per heavy atom. The molecule has 0 bridgehead atoms. The van der Waals surface area contributed by atoms with Gasteiger partial charge < -0.3 is 9.88 Å². The van der Waals surface area contributed by atoms with Crippen molar-refractivity contribution < 1.29 is 9.18 Å². The number of nitrogens with one attached hydrogen (secondary N) is 1. The van der Waals surface area contributed by atoms with Crippen LogP contribution in [0.3, 0.4) is 0 Å². The van der Waals surface area contributed by atoms with Crippen LogP contribution in [-0.4, -0.2) is 22.0 Å². The summed E-state index contributed by atoms with van der Waals surface area (Å²) in [4.78, 5) is 17.1. The number of amides is 1. The summed E-state index contributed by atoms with van der Waals surface area (Å²) in [5, 5.41) is 3.89. The van der Waals surface area contributed by atoms with Gasteiger partial charge in [-0.1, -0.05) is 36.4 Å². The molecule has 0 fully saturated rings. The molecule has 2 aromatic carbocycles. The molecule has 0 aliphatic rings. The second-order valence-corrected chi connectivity index (χ2v) is 7.13. The van der Waals surface area contributed by atoms with Crippen LogP contribution in [0.5, 0.6) is 0 Å². The number of benzene rings is 2. The summed E-state index contributed by atoms with van der Waals surface area (Å²) in [6.07, 6.45) is 4.41. The molecule has 0 spiro atoms. The van der Waals surface area contributed by atoms with E-state index in [1.54, 1.807) is 6.07 Å². The first-order valence-electron chi connectivity index (χ1n) is 9.62. The third-order valence-electron chi connectivity index (χ3n) is 4.95. The van der Waals surface area contributed by atoms with Gasteiger partial charge in [0.05, 0.1) is 5.56 Å². The summed E-state index contributed by atoms with van der Waals surface area (Å²) in [6.45, 7) is 2.98. The Morgan fingerprint density at radius 1 is 1.07 bits per heavy atom. The molecule has 0 radical (unpaired) electrons. The molecule has 0 aliphatic carbocycles. The number of hydrogen-bond donors (Lipinski definition) is 1. The number of carbonyl (C=O) groups excluding carboxylic acids is 1. The molecule has 0 saturated carbocycles. The van der Waals surface area contributed by atoms with Gasteiger partial charge in [-0.25, -0.2) is 4.39 Å². The maximum Gasteiger partial charge on any atom is 0.253 e. The molecule has 4 rings (SSSR count). The number of hydrogen-bond acceptors (Lipinski definition) is 2. The fourth-order valence-corrected chi connectivity index (χ4v) is 3.45. The predicted molar refractivity (Wildman–Crippen MR) is 112 cm³/mol. The second kappa shape index (κ2) is 8.27. The van der Waals surface area contributed by atoms with Crippen molar-refractivity contribution in [2.45, 2.75) is 19.9 Å². The van der Waals surface area contributed by atoms with Crippen LogP contribution < -0.4 is 5.32 Å². The molecule has 1 amide bonds. The lowest BCUT2D eigenvalue weighted by atomic mass is 10.1. The Morgan fingerprint density at radius 2 is 1.93 bits per heavy atom. The first-order valence-corrected chi connectivity index (χ1v) is 9.62. The number of aryl methyl sites for hydroxylation is 1. The highest BCUT2D eigenvalue weighted by molar-refractivity contribution is 6.07. The molecule has 2 heterocycles. The summed E-state index contributed by atoms with van der Waals surface area (Å²) in [5.74, 6) is -0.373. The first kappa shape index (κ1) is 18.9. The first-order chi connectivity index (χ1) is 14.1. The van der Waals surface area contributed by atoms with Gasteiger partial charge in [0, 0.05) is 42.1 Å². The van der Waals surface area contributed by atoms with E-state index in [0.29, 0.717) is 18.7 Å². The van der Waals surface area contributed by atoms with Crippen molar-refractivity contribution in [3.63, 3.8) is 0 Å². The molecule has 5 heteroatoms. The molecular weight excluding hydrogens is 365 g/mol. The van der Waals surface area contributed by atoms with Gasteiger partial charge in [-0.05, 0) is 48.7 Å². The Bertz CT molecular complexity index is 1150. The Balaban J connectivity index is 1.52. The second-order valence-electron chi connectivity index (χ2n) is 7.13. The number of carbonyl (C=O) groups is 1.